The summed E-state index contributed by atoms with van der Waals surface area (Å²) in [6.45, 7) is 2.50. The maximum Gasteiger partial charge on any atom is 0.151 e. The molecule has 1 N–H and O–H groups in total. The SMILES string of the molecule is Cc1ccc(CN[C@H]2CCS(=O)(=O)C2)o1. The average molecular weight is 229 g/mol. The maximum absolute atomic E-state index is 11.2. The van der Waals surface area contributed by atoms with Crippen LogP contribution in [0, 0.1) is 6.92 Å². The molecule has 2 heterocycles. The van der Waals surface area contributed by atoms with E-state index in [4.69, 9.17) is 4.42 Å². The number of hydrogen-bond donors (Lipinski definition) is 1. The first-order chi connectivity index (χ1) is 7.05. The van der Waals surface area contributed by atoms with Crippen LogP contribution in [-0.4, -0.2) is 26.0 Å². The Labute approximate surface area is 89.6 Å². The number of rotatable bonds is 3. The van der Waals surface area contributed by atoms with Gasteiger partial charge in [0.1, 0.15) is 11.5 Å². The predicted octanol–water partition coefficient (Wildman–Crippen LogP) is 0.865. The van der Waals surface area contributed by atoms with Crippen LogP contribution in [0.15, 0.2) is 16.5 Å². The van der Waals surface area contributed by atoms with E-state index in [-0.39, 0.29) is 11.8 Å². The van der Waals surface area contributed by atoms with Crippen LogP contribution in [-0.2, 0) is 16.4 Å². The molecule has 0 bridgehead atoms. The van der Waals surface area contributed by atoms with E-state index >= 15 is 0 Å². The van der Waals surface area contributed by atoms with Gasteiger partial charge in [-0.05, 0) is 25.5 Å². The van der Waals surface area contributed by atoms with Gasteiger partial charge in [0.15, 0.2) is 9.84 Å². The van der Waals surface area contributed by atoms with Gasteiger partial charge in [-0.3, -0.25) is 0 Å². The molecule has 0 aliphatic carbocycles. The van der Waals surface area contributed by atoms with Crippen LogP contribution < -0.4 is 5.32 Å². The van der Waals surface area contributed by atoms with Crippen molar-refractivity contribution in [1.29, 1.82) is 0 Å². The van der Waals surface area contributed by atoms with Crippen LogP contribution in [0.25, 0.3) is 0 Å². The quantitative estimate of drug-likeness (QED) is 0.835. The zero-order valence-corrected chi connectivity index (χ0v) is 9.51. The molecule has 1 atom stereocenters. The molecular formula is C10H15NO3S. The third kappa shape index (κ3) is 2.82. The minimum absolute atomic E-state index is 0.0837. The van der Waals surface area contributed by atoms with Crippen molar-refractivity contribution in [3.63, 3.8) is 0 Å². The highest BCUT2D eigenvalue weighted by atomic mass is 32.2. The van der Waals surface area contributed by atoms with Gasteiger partial charge >= 0.3 is 0 Å². The lowest BCUT2D eigenvalue weighted by Crippen LogP contribution is -2.29. The molecule has 5 heteroatoms. The van der Waals surface area contributed by atoms with E-state index in [0.29, 0.717) is 18.7 Å². The lowest BCUT2D eigenvalue weighted by Gasteiger charge is -2.08. The Kier molecular flexibility index (Phi) is 2.84. The van der Waals surface area contributed by atoms with E-state index in [1.807, 2.05) is 19.1 Å². The fourth-order valence-electron chi connectivity index (χ4n) is 1.78. The molecule has 0 aromatic carbocycles. The van der Waals surface area contributed by atoms with Crippen LogP contribution >= 0.6 is 0 Å². The number of aryl methyl sites for hydroxylation is 1. The van der Waals surface area contributed by atoms with Crippen LogP contribution in [0.3, 0.4) is 0 Å². The van der Waals surface area contributed by atoms with E-state index in [1.54, 1.807) is 0 Å². The Balaban J connectivity index is 1.85. The molecule has 0 saturated carbocycles. The Morgan fingerprint density at radius 2 is 2.33 bits per heavy atom. The van der Waals surface area contributed by atoms with Crippen LogP contribution in [0.1, 0.15) is 17.9 Å². The van der Waals surface area contributed by atoms with Crippen molar-refractivity contribution in [2.75, 3.05) is 11.5 Å². The highest BCUT2D eigenvalue weighted by Gasteiger charge is 2.27. The molecule has 4 nitrogen and oxygen atoms in total. The second-order valence-corrected chi connectivity index (χ2v) is 6.22. The fourth-order valence-corrected chi connectivity index (χ4v) is 3.49. The summed E-state index contributed by atoms with van der Waals surface area (Å²) in [6.07, 6.45) is 0.710. The van der Waals surface area contributed by atoms with Gasteiger partial charge in [0, 0.05) is 6.04 Å². The van der Waals surface area contributed by atoms with Crippen LogP contribution in [0.2, 0.25) is 0 Å². The highest BCUT2D eigenvalue weighted by Crippen LogP contribution is 2.12. The summed E-state index contributed by atoms with van der Waals surface area (Å²) >= 11 is 0. The van der Waals surface area contributed by atoms with Gasteiger partial charge in [-0.2, -0.15) is 0 Å². The first-order valence-electron chi connectivity index (χ1n) is 5.04. The Hall–Kier alpha value is -0.810. The molecule has 1 aromatic rings. The number of furan rings is 1. The summed E-state index contributed by atoms with van der Waals surface area (Å²) in [5, 5.41) is 3.19. The molecule has 0 spiro atoms. The van der Waals surface area contributed by atoms with Gasteiger partial charge in [-0.15, -0.1) is 0 Å². The molecule has 1 fully saturated rings. The molecule has 1 aliphatic rings. The molecule has 0 amide bonds. The minimum atomic E-state index is -2.79. The molecule has 1 aromatic heterocycles. The Morgan fingerprint density at radius 1 is 1.53 bits per heavy atom. The fraction of sp³-hybridized carbons (Fsp3) is 0.600. The van der Waals surface area contributed by atoms with Crippen molar-refractivity contribution in [1.82, 2.24) is 5.32 Å². The van der Waals surface area contributed by atoms with Gasteiger partial charge in [0.2, 0.25) is 0 Å². The summed E-state index contributed by atoms with van der Waals surface area (Å²) in [6, 6.07) is 3.90. The zero-order valence-electron chi connectivity index (χ0n) is 8.69. The molecule has 15 heavy (non-hydrogen) atoms. The minimum Gasteiger partial charge on any atom is -0.465 e. The van der Waals surface area contributed by atoms with Crippen molar-refractivity contribution in [2.45, 2.75) is 25.9 Å². The standard InChI is InChI=1S/C10H15NO3S/c1-8-2-3-10(14-8)6-11-9-4-5-15(12,13)7-9/h2-3,9,11H,4-7H2,1H3/t9-/m0/s1. The highest BCUT2D eigenvalue weighted by molar-refractivity contribution is 7.91. The molecule has 1 aliphatic heterocycles. The second kappa shape index (κ2) is 3.98. The lowest BCUT2D eigenvalue weighted by atomic mass is 10.2. The van der Waals surface area contributed by atoms with Gasteiger partial charge in [-0.25, -0.2) is 8.42 Å². The van der Waals surface area contributed by atoms with E-state index in [2.05, 4.69) is 5.32 Å². The maximum atomic E-state index is 11.2. The largest absolute Gasteiger partial charge is 0.465 e. The molecule has 84 valence electrons. The molecule has 1 saturated heterocycles. The van der Waals surface area contributed by atoms with Gasteiger partial charge in [0.05, 0.1) is 18.1 Å². The summed E-state index contributed by atoms with van der Waals surface area (Å²) < 4.78 is 27.8. The van der Waals surface area contributed by atoms with Crippen molar-refractivity contribution in [2.24, 2.45) is 0 Å². The Bertz CT molecular complexity index is 435. The average Bonchev–Trinajstić information content (AvgIpc) is 2.69. The summed E-state index contributed by atoms with van der Waals surface area (Å²) in [5.41, 5.74) is 0. The topological polar surface area (TPSA) is 59.3 Å². The van der Waals surface area contributed by atoms with E-state index in [1.165, 1.54) is 0 Å². The second-order valence-electron chi connectivity index (χ2n) is 3.99. The van der Waals surface area contributed by atoms with Crippen molar-refractivity contribution >= 4 is 9.84 Å². The van der Waals surface area contributed by atoms with E-state index in [0.717, 1.165) is 11.5 Å². The number of hydrogen-bond acceptors (Lipinski definition) is 4. The number of nitrogens with one attached hydrogen (secondary N) is 1. The van der Waals surface area contributed by atoms with Crippen LogP contribution in [0.4, 0.5) is 0 Å². The van der Waals surface area contributed by atoms with Gasteiger partial charge in [0.25, 0.3) is 0 Å². The first kappa shape index (κ1) is 10.7. The van der Waals surface area contributed by atoms with Gasteiger partial charge < -0.3 is 9.73 Å². The molecule has 2 rings (SSSR count). The summed E-state index contributed by atoms with van der Waals surface area (Å²) in [7, 11) is -2.79. The van der Waals surface area contributed by atoms with Crippen molar-refractivity contribution in [3.05, 3.63) is 23.7 Å². The number of sulfone groups is 1. The monoisotopic (exact) mass is 229 g/mol. The van der Waals surface area contributed by atoms with Crippen molar-refractivity contribution < 1.29 is 12.8 Å². The predicted molar refractivity (Wildman–Crippen MR) is 57.3 cm³/mol. The molecular weight excluding hydrogens is 214 g/mol. The van der Waals surface area contributed by atoms with E-state index < -0.39 is 9.84 Å². The normalized spacial score (nSPS) is 24.5. The summed E-state index contributed by atoms with van der Waals surface area (Å²) in [4.78, 5) is 0. The van der Waals surface area contributed by atoms with E-state index in [9.17, 15) is 8.42 Å². The lowest BCUT2D eigenvalue weighted by molar-refractivity contribution is 0.442. The Morgan fingerprint density at radius 3 is 2.87 bits per heavy atom. The van der Waals surface area contributed by atoms with Crippen LogP contribution in [0.5, 0.6) is 0 Å². The van der Waals surface area contributed by atoms with Gasteiger partial charge in [-0.1, -0.05) is 0 Å². The molecule has 0 unspecified atom stereocenters. The smallest absolute Gasteiger partial charge is 0.151 e. The zero-order chi connectivity index (χ0) is 10.9. The third-order valence-corrected chi connectivity index (χ3v) is 4.36. The van der Waals surface area contributed by atoms with Crippen molar-refractivity contribution in [3.8, 4) is 0 Å². The third-order valence-electron chi connectivity index (χ3n) is 2.59. The first-order valence-corrected chi connectivity index (χ1v) is 6.86. The molecule has 0 radical (unpaired) electrons. The summed E-state index contributed by atoms with van der Waals surface area (Å²) in [5.74, 6) is 2.30.